The lowest BCUT2D eigenvalue weighted by Gasteiger charge is -2.19. The van der Waals surface area contributed by atoms with Crippen LogP contribution in [0.4, 0.5) is 4.79 Å². The molecule has 0 radical (unpaired) electrons. The molecule has 0 saturated heterocycles. The Morgan fingerprint density at radius 1 is 0.528 bits per heavy atom. The fourth-order valence-electron chi connectivity index (χ4n) is 4.86. The summed E-state index contributed by atoms with van der Waals surface area (Å²) in [5.74, 6) is 1.33. The molecule has 0 unspecified atom stereocenters. The molecule has 0 aliphatic heterocycles. The van der Waals surface area contributed by atoms with Gasteiger partial charge in [-0.3, -0.25) is 0 Å². The van der Waals surface area contributed by atoms with Gasteiger partial charge in [-0.2, -0.15) is 0 Å². The summed E-state index contributed by atoms with van der Waals surface area (Å²) in [5, 5.41) is 0. The van der Waals surface area contributed by atoms with Gasteiger partial charge in [-0.1, -0.05) is 84.9 Å². The first kappa shape index (κ1) is 29.9. The molecule has 0 amide bonds. The highest BCUT2D eigenvalue weighted by atomic mass is 16.7. The first-order valence-electron chi connectivity index (χ1n) is 14.7. The normalized spacial score (nSPS) is 11.0. The third-order valence-electron chi connectivity index (χ3n) is 7.04. The molecule has 0 aliphatic rings. The van der Waals surface area contributed by atoms with Crippen molar-refractivity contribution < 1.29 is 14.3 Å². The van der Waals surface area contributed by atoms with Crippen LogP contribution < -0.4 is 9.47 Å². The smallest absolute Gasteiger partial charge is 0.394 e. The van der Waals surface area contributed by atoms with Crippen molar-refractivity contribution in [2.24, 2.45) is 0 Å². The van der Waals surface area contributed by atoms with E-state index in [1.807, 2.05) is 18.2 Å². The van der Waals surface area contributed by atoms with Crippen molar-refractivity contribution >= 4 is 6.16 Å². The summed E-state index contributed by atoms with van der Waals surface area (Å²) in [6.45, 7) is 11.1. The number of rotatable bonds is 17. The fourth-order valence-corrected chi connectivity index (χ4v) is 4.86. The minimum absolute atomic E-state index is 0.624. The number of unbranched alkanes of at least 4 members (excludes halogenated alkanes) is 5. The van der Waals surface area contributed by atoms with E-state index in [1.54, 1.807) is 0 Å². The molecule has 0 atom stereocenters. The molecule has 0 aliphatic carbocycles. The standard InChI is InChI=1S/C33H50O3/c1-6-11-17-26-19-16-23-31(29(26)21-14-9-4)35-33(34)36-32-25-24-27(18-12-7-2)28(20-13-8-3)30(32)22-15-10-5/h16,19,23-25H,6-15,17-18,20-22H2,1-5H3. The van der Waals surface area contributed by atoms with Gasteiger partial charge >= 0.3 is 6.16 Å². The SMILES string of the molecule is CCCCc1cccc(OC(=O)Oc2ccc(CCCC)c(CCCC)c2CCCC)c1CCCC. The van der Waals surface area contributed by atoms with Crippen molar-refractivity contribution in [1.29, 1.82) is 0 Å². The van der Waals surface area contributed by atoms with Crippen LogP contribution in [0.5, 0.6) is 11.5 Å². The summed E-state index contributed by atoms with van der Waals surface area (Å²) in [7, 11) is 0. The van der Waals surface area contributed by atoms with E-state index in [2.05, 4.69) is 46.8 Å². The molecule has 2 aromatic rings. The highest BCUT2D eigenvalue weighted by Crippen LogP contribution is 2.32. The van der Waals surface area contributed by atoms with Gasteiger partial charge in [0, 0.05) is 0 Å². The molecule has 0 aromatic heterocycles. The van der Waals surface area contributed by atoms with E-state index in [0.29, 0.717) is 11.5 Å². The molecule has 0 bridgehead atoms. The Morgan fingerprint density at radius 3 is 1.53 bits per heavy atom. The first-order valence-corrected chi connectivity index (χ1v) is 14.7. The van der Waals surface area contributed by atoms with Crippen molar-refractivity contribution in [2.75, 3.05) is 0 Å². The lowest BCUT2D eigenvalue weighted by atomic mass is 9.90. The van der Waals surface area contributed by atoms with Crippen LogP contribution in [0.25, 0.3) is 0 Å². The van der Waals surface area contributed by atoms with Gasteiger partial charge in [0.1, 0.15) is 11.5 Å². The molecule has 0 fully saturated rings. The van der Waals surface area contributed by atoms with E-state index in [-0.39, 0.29) is 0 Å². The van der Waals surface area contributed by atoms with Gasteiger partial charge in [0.2, 0.25) is 0 Å². The van der Waals surface area contributed by atoms with Gasteiger partial charge in [0.15, 0.2) is 0 Å². The van der Waals surface area contributed by atoms with E-state index in [0.717, 1.165) is 89.0 Å². The summed E-state index contributed by atoms with van der Waals surface area (Å²) in [6, 6.07) is 10.3. The number of hydrogen-bond donors (Lipinski definition) is 0. The van der Waals surface area contributed by atoms with Gasteiger partial charge in [-0.05, 0) is 104 Å². The minimum Gasteiger partial charge on any atom is -0.394 e. The van der Waals surface area contributed by atoms with Crippen LogP contribution in [-0.2, 0) is 32.1 Å². The van der Waals surface area contributed by atoms with E-state index >= 15 is 0 Å². The third kappa shape index (κ3) is 9.30. The molecule has 0 spiro atoms. The number of hydrogen-bond acceptors (Lipinski definition) is 3. The van der Waals surface area contributed by atoms with Gasteiger partial charge in [0.05, 0.1) is 0 Å². The fraction of sp³-hybridized carbons (Fsp3) is 0.606. The Morgan fingerprint density at radius 2 is 0.972 bits per heavy atom. The maximum atomic E-state index is 13.1. The molecule has 0 saturated carbocycles. The van der Waals surface area contributed by atoms with Crippen LogP contribution >= 0.6 is 0 Å². The summed E-state index contributed by atoms with van der Waals surface area (Å²) in [5.41, 5.74) is 6.48. The summed E-state index contributed by atoms with van der Waals surface area (Å²) in [4.78, 5) is 13.1. The second-order valence-electron chi connectivity index (χ2n) is 10.0. The number of carbonyl (C=O) groups excluding carboxylic acids is 1. The molecule has 3 heteroatoms. The van der Waals surface area contributed by atoms with Crippen molar-refractivity contribution in [2.45, 2.75) is 131 Å². The zero-order valence-electron chi connectivity index (χ0n) is 23.7. The second kappa shape index (κ2) is 17.2. The Hall–Kier alpha value is -2.29. The zero-order valence-corrected chi connectivity index (χ0v) is 23.7. The van der Waals surface area contributed by atoms with Crippen LogP contribution in [0.15, 0.2) is 30.3 Å². The van der Waals surface area contributed by atoms with Crippen molar-refractivity contribution in [3.8, 4) is 11.5 Å². The van der Waals surface area contributed by atoms with Crippen LogP contribution in [0.3, 0.4) is 0 Å². The minimum atomic E-state index is -0.624. The summed E-state index contributed by atoms with van der Waals surface area (Å²) >= 11 is 0. The Kier molecular flexibility index (Phi) is 14.3. The van der Waals surface area contributed by atoms with Crippen LogP contribution in [0.1, 0.15) is 127 Å². The number of carbonyl (C=O) groups is 1. The third-order valence-corrected chi connectivity index (χ3v) is 7.04. The van der Waals surface area contributed by atoms with Gasteiger partial charge < -0.3 is 9.47 Å². The predicted molar refractivity (Wildman–Crippen MR) is 153 cm³/mol. The van der Waals surface area contributed by atoms with Gasteiger partial charge in [0.25, 0.3) is 0 Å². The molecule has 200 valence electrons. The average molecular weight is 495 g/mol. The quantitative estimate of drug-likeness (QED) is 0.162. The van der Waals surface area contributed by atoms with Crippen LogP contribution in [0.2, 0.25) is 0 Å². The van der Waals surface area contributed by atoms with Gasteiger partial charge in [-0.15, -0.1) is 0 Å². The number of aryl methyl sites for hydroxylation is 2. The Bertz CT molecular complexity index is 915. The molecule has 36 heavy (non-hydrogen) atoms. The van der Waals surface area contributed by atoms with Crippen molar-refractivity contribution in [3.63, 3.8) is 0 Å². The largest absolute Gasteiger partial charge is 0.519 e. The number of benzene rings is 2. The molecule has 3 nitrogen and oxygen atoms in total. The highest BCUT2D eigenvalue weighted by Gasteiger charge is 2.19. The van der Waals surface area contributed by atoms with E-state index < -0.39 is 6.16 Å². The van der Waals surface area contributed by atoms with Crippen LogP contribution in [-0.4, -0.2) is 6.16 Å². The molecule has 0 heterocycles. The van der Waals surface area contributed by atoms with Gasteiger partial charge in [-0.25, -0.2) is 4.79 Å². The molecule has 2 aromatic carbocycles. The lowest BCUT2D eigenvalue weighted by Crippen LogP contribution is -2.17. The maximum Gasteiger partial charge on any atom is 0.519 e. The van der Waals surface area contributed by atoms with Crippen molar-refractivity contribution in [1.82, 2.24) is 0 Å². The summed E-state index contributed by atoms with van der Waals surface area (Å²) < 4.78 is 11.8. The van der Waals surface area contributed by atoms with Crippen molar-refractivity contribution in [3.05, 3.63) is 58.1 Å². The molecular formula is C33H50O3. The zero-order chi connectivity index (χ0) is 26.2. The average Bonchev–Trinajstić information content (AvgIpc) is 2.88. The molecule has 0 N–H and O–H groups in total. The Balaban J connectivity index is 2.33. The van der Waals surface area contributed by atoms with E-state index in [9.17, 15) is 4.79 Å². The predicted octanol–water partition coefficient (Wildman–Crippen LogP) is 9.98. The number of ether oxygens (including phenoxy) is 2. The summed E-state index contributed by atoms with van der Waals surface area (Å²) in [6.07, 6.45) is 15.7. The molecule has 2 rings (SSSR count). The van der Waals surface area contributed by atoms with E-state index in [4.69, 9.17) is 9.47 Å². The maximum absolute atomic E-state index is 13.1. The highest BCUT2D eigenvalue weighted by molar-refractivity contribution is 5.69. The second-order valence-corrected chi connectivity index (χ2v) is 10.0. The lowest BCUT2D eigenvalue weighted by molar-refractivity contribution is 0.151. The van der Waals surface area contributed by atoms with E-state index in [1.165, 1.54) is 35.1 Å². The Labute approximate surface area is 221 Å². The first-order chi connectivity index (χ1) is 17.6. The molecular weight excluding hydrogens is 444 g/mol. The monoisotopic (exact) mass is 494 g/mol. The van der Waals surface area contributed by atoms with Crippen LogP contribution in [0, 0.1) is 0 Å². The topological polar surface area (TPSA) is 35.5 Å².